The summed E-state index contributed by atoms with van der Waals surface area (Å²) in [7, 11) is 0. The van der Waals surface area contributed by atoms with E-state index in [9.17, 15) is 4.79 Å². The highest BCUT2D eigenvalue weighted by molar-refractivity contribution is 5.95. The maximum Gasteiger partial charge on any atom is 0.251 e. The lowest BCUT2D eigenvalue weighted by atomic mass is 9.99. The summed E-state index contributed by atoms with van der Waals surface area (Å²) in [5, 5.41) is 3.09. The third-order valence-corrected chi connectivity index (χ3v) is 3.73. The molecule has 0 heterocycles. The van der Waals surface area contributed by atoms with Crippen molar-refractivity contribution < 1.29 is 4.79 Å². The molecule has 0 saturated carbocycles. The van der Waals surface area contributed by atoms with Crippen LogP contribution < -0.4 is 5.32 Å². The van der Waals surface area contributed by atoms with Crippen molar-refractivity contribution in [2.75, 3.05) is 6.54 Å². The van der Waals surface area contributed by atoms with Gasteiger partial charge in [0.25, 0.3) is 5.91 Å². The summed E-state index contributed by atoms with van der Waals surface area (Å²) in [5.74, 6) is 0.671. The average molecular weight is 261 g/mol. The van der Waals surface area contributed by atoms with Crippen LogP contribution in [0.5, 0.6) is 0 Å². The summed E-state index contributed by atoms with van der Waals surface area (Å²) in [6, 6.07) is 6.03. The van der Waals surface area contributed by atoms with E-state index in [1.807, 2.05) is 32.0 Å². The molecule has 0 fully saturated rings. The Labute approximate surface area is 117 Å². The highest BCUT2D eigenvalue weighted by Gasteiger charge is 2.11. The summed E-state index contributed by atoms with van der Waals surface area (Å²) in [4.78, 5) is 12.2. The summed E-state index contributed by atoms with van der Waals surface area (Å²) in [6.45, 7) is 9.21. The van der Waals surface area contributed by atoms with Gasteiger partial charge in [0.2, 0.25) is 0 Å². The zero-order valence-corrected chi connectivity index (χ0v) is 12.8. The number of hydrogen-bond donors (Lipinski definition) is 1. The van der Waals surface area contributed by atoms with Gasteiger partial charge >= 0.3 is 0 Å². The number of amides is 1. The average Bonchev–Trinajstić information content (AvgIpc) is 2.41. The molecule has 0 radical (unpaired) electrons. The quantitative estimate of drug-likeness (QED) is 0.781. The molecule has 0 unspecified atom stereocenters. The Kier molecular flexibility index (Phi) is 6.61. The van der Waals surface area contributed by atoms with E-state index in [2.05, 4.69) is 19.2 Å². The Hall–Kier alpha value is -1.31. The summed E-state index contributed by atoms with van der Waals surface area (Å²) >= 11 is 0. The van der Waals surface area contributed by atoms with Gasteiger partial charge in [0, 0.05) is 12.1 Å². The number of nitrogens with one attached hydrogen (secondary N) is 1. The monoisotopic (exact) mass is 261 g/mol. The summed E-state index contributed by atoms with van der Waals surface area (Å²) in [6.07, 6.45) is 4.81. The first-order valence-corrected chi connectivity index (χ1v) is 7.43. The Morgan fingerprint density at radius 2 is 2.00 bits per heavy atom. The number of carbonyl (C=O) groups is 1. The molecule has 19 heavy (non-hydrogen) atoms. The van der Waals surface area contributed by atoms with Crippen molar-refractivity contribution in [2.45, 2.75) is 53.4 Å². The lowest BCUT2D eigenvalue weighted by Gasteiger charge is -2.16. The van der Waals surface area contributed by atoms with E-state index >= 15 is 0 Å². The molecular formula is C17H27NO. The fourth-order valence-corrected chi connectivity index (χ4v) is 2.26. The number of benzene rings is 1. The van der Waals surface area contributed by atoms with E-state index in [1.54, 1.807) is 0 Å². The molecule has 1 amide bonds. The van der Waals surface area contributed by atoms with Crippen molar-refractivity contribution in [2.24, 2.45) is 5.92 Å². The summed E-state index contributed by atoms with van der Waals surface area (Å²) in [5.41, 5.74) is 2.99. The van der Waals surface area contributed by atoms with Gasteiger partial charge in [0.1, 0.15) is 0 Å². The van der Waals surface area contributed by atoms with Crippen LogP contribution >= 0.6 is 0 Å². The fraction of sp³-hybridized carbons (Fsp3) is 0.588. The van der Waals surface area contributed by atoms with Gasteiger partial charge in [-0.2, -0.15) is 0 Å². The van der Waals surface area contributed by atoms with Crippen LogP contribution in [0.3, 0.4) is 0 Å². The normalized spacial score (nSPS) is 12.2. The Balaban J connectivity index is 2.56. The first-order chi connectivity index (χ1) is 9.08. The third kappa shape index (κ3) is 5.06. The molecule has 0 saturated heterocycles. The molecule has 0 aliphatic carbocycles. The van der Waals surface area contributed by atoms with Gasteiger partial charge < -0.3 is 5.32 Å². The molecule has 1 aromatic carbocycles. The second kappa shape index (κ2) is 7.98. The predicted octanol–water partition coefficient (Wildman–Crippen LogP) is 4.25. The van der Waals surface area contributed by atoms with Crippen LogP contribution in [0.2, 0.25) is 0 Å². The lowest BCUT2D eigenvalue weighted by molar-refractivity contribution is 0.0945. The highest BCUT2D eigenvalue weighted by atomic mass is 16.1. The maximum absolute atomic E-state index is 12.2. The van der Waals surface area contributed by atoms with Gasteiger partial charge in [0.05, 0.1) is 0 Å². The Morgan fingerprint density at radius 3 is 2.63 bits per heavy atom. The minimum Gasteiger partial charge on any atom is -0.352 e. The van der Waals surface area contributed by atoms with Gasteiger partial charge in [-0.3, -0.25) is 4.79 Å². The minimum atomic E-state index is 0.0659. The molecule has 0 aliphatic heterocycles. The van der Waals surface area contributed by atoms with E-state index in [-0.39, 0.29) is 5.91 Å². The molecule has 1 atom stereocenters. The molecule has 2 nitrogen and oxygen atoms in total. The number of aryl methyl sites for hydroxylation is 2. The molecule has 0 spiro atoms. The third-order valence-electron chi connectivity index (χ3n) is 3.73. The van der Waals surface area contributed by atoms with E-state index in [0.717, 1.165) is 29.7 Å². The van der Waals surface area contributed by atoms with Crippen molar-refractivity contribution >= 4 is 5.91 Å². The van der Waals surface area contributed by atoms with Gasteiger partial charge in [-0.15, -0.1) is 0 Å². The SMILES string of the molecule is CCCC[C@@H](CC)CNC(=O)c1cc(C)ccc1C. The van der Waals surface area contributed by atoms with Gasteiger partial charge in [-0.1, -0.05) is 50.8 Å². The zero-order valence-electron chi connectivity index (χ0n) is 12.8. The first-order valence-electron chi connectivity index (χ1n) is 7.43. The molecule has 0 bridgehead atoms. The zero-order chi connectivity index (χ0) is 14.3. The van der Waals surface area contributed by atoms with Crippen LogP contribution in [0.15, 0.2) is 18.2 Å². The minimum absolute atomic E-state index is 0.0659. The van der Waals surface area contributed by atoms with Crippen LogP contribution in [-0.2, 0) is 0 Å². The molecule has 0 aliphatic rings. The second-order valence-electron chi connectivity index (χ2n) is 5.44. The standard InChI is InChI=1S/C17H27NO/c1-5-7-8-15(6-2)12-18-17(19)16-11-13(3)9-10-14(16)4/h9-11,15H,5-8,12H2,1-4H3,(H,18,19)/t15-/m1/s1. The smallest absolute Gasteiger partial charge is 0.251 e. The van der Waals surface area contributed by atoms with Crippen LogP contribution in [0, 0.1) is 19.8 Å². The van der Waals surface area contributed by atoms with Gasteiger partial charge in [-0.05, 0) is 37.8 Å². The van der Waals surface area contributed by atoms with Crippen LogP contribution in [0.25, 0.3) is 0 Å². The lowest BCUT2D eigenvalue weighted by Crippen LogP contribution is -2.29. The van der Waals surface area contributed by atoms with E-state index in [0.29, 0.717) is 5.92 Å². The molecule has 0 aromatic heterocycles. The maximum atomic E-state index is 12.2. The van der Waals surface area contributed by atoms with E-state index in [1.165, 1.54) is 19.3 Å². The topological polar surface area (TPSA) is 29.1 Å². The number of unbranched alkanes of at least 4 members (excludes halogenated alkanes) is 1. The Morgan fingerprint density at radius 1 is 1.26 bits per heavy atom. The number of rotatable bonds is 7. The van der Waals surface area contributed by atoms with Crippen molar-refractivity contribution in [3.63, 3.8) is 0 Å². The molecular weight excluding hydrogens is 234 g/mol. The van der Waals surface area contributed by atoms with Crippen molar-refractivity contribution in [3.05, 3.63) is 34.9 Å². The number of hydrogen-bond acceptors (Lipinski definition) is 1. The molecule has 106 valence electrons. The number of carbonyl (C=O) groups excluding carboxylic acids is 1. The van der Waals surface area contributed by atoms with E-state index in [4.69, 9.17) is 0 Å². The van der Waals surface area contributed by atoms with Crippen LogP contribution in [0.1, 0.15) is 61.0 Å². The highest BCUT2D eigenvalue weighted by Crippen LogP contribution is 2.13. The van der Waals surface area contributed by atoms with Gasteiger partial charge in [0.15, 0.2) is 0 Å². The van der Waals surface area contributed by atoms with E-state index < -0.39 is 0 Å². The van der Waals surface area contributed by atoms with Gasteiger partial charge in [-0.25, -0.2) is 0 Å². The first kappa shape index (κ1) is 15.7. The predicted molar refractivity (Wildman–Crippen MR) is 81.6 cm³/mol. The molecule has 2 heteroatoms. The van der Waals surface area contributed by atoms with Crippen LogP contribution in [-0.4, -0.2) is 12.5 Å². The van der Waals surface area contributed by atoms with Crippen molar-refractivity contribution in [1.82, 2.24) is 5.32 Å². The largest absolute Gasteiger partial charge is 0.352 e. The van der Waals surface area contributed by atoms with Crippen molar-refractivity contribution in [3.8, 4) is 0 Å². The molecule has 1 N–H and O–H groups in total. The molecule has 1 rings (SSSR count). The fourth-order valence-electron chi connectivity index (χ4n) is 2.26. The Bertz CT molecular complexity index is 412. The summed E-state index contributed by atoms with van der Waals surface area (Å²) < 4.78 is 0. The van der Waals surface area contributed by atoms with Crippen LogP contribution in [0.4, 0.5) is 0 Å². The van der Waals surface area contributed by atoms with Crippen molar-refractivity contribution in [1.29, 1.82) is 0 Å². The molecule has 1 aromatic rings. The second-order valence-corrected chi connectivity index (χ2v) is 5.44.